The minimum Gasteiger partial charge on any atom is -0.493 e. The van der Waals surface area contributed by atoms with Gasteiger partial charge in [0.2, 0.25) is 0 Å². The molecule has 1 aromatic heterocycles. The minimum atomic E-state index is 0.515. The fourth-order valence-corrected chi connectivity index (χ4v) is 3.26. The van der Waals surface area contributed by atoms with Crippen molar-refractivity contribution in [1.29, 1.82) is 0 Å². The van der Waals surface area contributed by atoms with Crippen LogP contribution in [0.3, 0.4) is 0 Å². The summed E-state index contributed by atoms with van der Waals surface area (Å²) in [5.74, 6) is 3.09. The summed E-state index contributed by atoms with van der Waals surface area (Å²) in [4.78, 5) is 4.65. The lowest BCUT2D eigenvalue weighted by Crippen LogP contribution is -2.38. The quantitative estimate of drug-likeness (QED) is 0.461. The fourth-order valence-electron chi connectivity index (χ4n) is 2.61. The Morgan fingerprint density at radius 3 is 2.70 bits per heavy atom. The molecule has 1 heterocycles. The van der Waals surface area contributed by atoms with Crippen LogP contribution >= 0.6 is 15.9 Å². The molecule has 1 aromatic carbocycles. The van der Waals surface area contributed by atoms with E-state index in [1.165, 1.54) is 0 Å². The van der Waals surface area contributed by atoms with Crippen LogP contribution in [0.1, 0.15) is 25.2 Å². The normalized spacial score (nSPS) is 11.4. The number of aromatic nitrogens is 3. The SMILES string of the molecule is CCNC(=NCc1cc(Br)c(OC)c(OC)c1)NCCn1cnnc1CC. The topological polar surface area (TPSA) is 85.6 Å². The molecule has 0 aliphatic rings. The molecule has 0 fully saturated rings. The number of hydrogen-bond acceptors (Lipinski definition) is 5. The molecule has 2 rings (SSSR count). The fraction of sp³-hybridized carbons (Fsp3) is 0.500. The number of rotatable bonds is 9. The van der Waals surface area contributed by atoms with Crippen molar-refractivity contribution in [2.75, 3.05) is 27.3 Å². The number of aliphatic imine (C=N–C) groups is 1. The van der Waals surface area contributed by atoms with Gasteiger partial charge in [0.25, 0.3) is 0 Å². The first-order valence-electron chi connectivity index (χ1n) is 8.92. The van der Waals surface area contributed by atoms with Crippen LogP contribution in [0.4, 0.5) is 0 Å². The molecule has 0 aliphatic carbocycles. The molecule has 27 heavy (non-hydrogen) atoms. The van der Waals surface area contributed by atoms with Gasteiger partial charge in [0.1, 0.15) is 12.2 Å². The number of aryl methyl sites for hydroxylation is 1. The summed E-state index contributed by atoms with van der Waals surface area (Å²) in [5.41, 5.74) is 1.02. The number of nitrogens with zero attached hydrogens (tertiary/aromatic N) is 4. The van der Waals surface area contributed by atoms with Crippen molar-refractivity contribution in [2.45, 2.75) is 33.4 Å². The third kappa shape index (κ3) is 5.85. The maximum absolute atomic E-state index is 5.39. The van der Waals surface area contributed by atoms with E-state index < -0.39 is 0 Å². The molecule has 0 atom stereocenters. The van der Waals surface area contributed by atoms with E-state index >= 15 is 0 Å². The van der Waals surface area contributed by atoms with Gasteiger partial charge in [-0.1, -0.05) is 6.92 Å². The van der Waals surface area contributed by atoms with E-state index in [1.807, 2.05) is 23.6 Å². The van der Waals surface area contributed by atoms with Gasteiger partial charge in [0, 0.05) is 26.1 Å². The molecule has 0 amide bonds. The average molecular weight is 439 g/mol. The monoisotopic (exact) mass is 438 g/mol. The third-order valence-corrected chi connectivity index (χ3v) is 4.50. The number of benzene rings is 1. The standard InChI is InChI=1S/C18H27BrN6O2/c1-5-16-24-23-12-25(16)8-7-21-18(20-6-2)22-11-13-9-14(19)17(27-4)15(10-13)26-3/h9-10,12H,5-8,11H2,1-4H3,(H2,20,21,22). The number of halogens is 1. The molecule has 0 aliphatic heterocycles. The molecular weight excluding hydrogens is 412 g/mol. The number of methoxy groups -OCH3 is 2. The van der Waals surface area contributed by atoms with Crippen molar-refractivity contribution in [1.82, 2.24) is 25.4 Å². The number of nitrogens with one attached hydrogen (secondary N) is 2. The lowest BCUT2D eigenvalue weighted by molar-refractivity contribution is 0.352. The van der Waals surface area contributed by atoms with Crippen LogP contribution in [-0.2, 0) is 19.5 Å². The van der Waals surface area contributed by atoms with Gasteiger partial charge in [0.15, 0.2) is 17.5 Å². The zero-order valence-electron chi connectivity index (χ0n) is 16.3. The molecule has 0 spiro atoms. The first kappa shape index (κ1) is 21.0. The highest BCUT2D eigenvalue weighted by Crippen LogP contribution is 2.36. The van der Waals surface area contributed by atoms with E-state index in [1.54, 1.807) is 20.5 Å². The van der Waals surface area contributed by atoms with Gasteiger partial charge < -0.3 is 24.7 Å². The van der Waals surface area contributed by atoms with Crippen LogP contribution in [-0.4, -0.2) is 48.0 Å². The largest absolute Gasteiger partial charge is 0.493 e. The van der Waals surface area contributed by atoms with Crippen LogP contribution in [0, 0.1) is 0 Å². The lowest BCUT2D eigenvalue weighted by Gasteiger charge is -2.13. The van der Waals surface area contributed by atoms with E-state index in [2.05, 4.69) is 48.7 Å². The summed E-state index contributed by atoms with van der Waals surface area (Å²) in [7, 11) is 3.24. The maximum Gasteiger partial charge on any atom is 0.191 e. The summed E-state index contributed by atoms with van der Waals surface area (Å²) in [6.07, 6.45) is 2.62. The van der Waals surface area contributed by atoms with Crippen molar-refractivity contribution in [3.05, 3.63) is 34.3 Å². The van der Waals surface area contributed by atoms with Crippen molar-refractivity contribution < 1.29 is 9.47 Å². The number of ether oxygens (including phenoxy) is 2. The van der Waals surface area contributed by atoms with Gasteiger partial charge in [0.05, 0.1) is 25.2 Å². The van der Waals surface area contributed by atoms with Crippen molar-refractivity contribution in [3.63, 3.8) is 0 Å². The predicted molar refractivity (Wildman–Crippen MR) is 109 cm³/mol. The van der Waals surface area contributed by atoms with Gasteiger partial charge in [-0.15, -0.1) is 10.2 Å². The number of hydrogen-bond donors (Lipinski definition) is 2. The predicted octanol–water partition coefficient (Wildman–Crippen LogP) is 2.38. The summed E-state index contributed by atoms with van der Waals surface area (Å²) in [6, 6.07) is 3.92. The molecule has 9 heteroatoms. The first-order chi connectivity index (χ1) is 13.1. The zero-order valence-corrected chi connectivity index (χ0v) is 17.8. The van der Waals surface area contributed by atoms with Crippen LogP contribution in [0.5, 0.6) is 11.5 Å². The minimum absolute atomic E-state index is 0.515. The van der Waals surface area contributed by atoms with E-state index in [4.69, 9.17) is 9.47 Å². The Morgan fingerprint density at radius 2 is 2.04 bits per heavy atom. The second-order valence-corrected chi connectivity index (χ2v) is 6.58. The molecule has 0 saturated heterocycles. The Bertz CT molecular complexity index is 762. The highest BCUT2D eigenvalue weighted by molar-refractivity contribution is 9.10. The molecule has 2 aromatic rings. The Balaban J connectivity index is 2.01. The van der Waals surface area contributed by atoms with Gasteiger partial charge in [-0.3, -0.25) is 0 Å². The van der Waals surface area contributed by atoms with E-state index in [0.717, 1.165) is 47.9 Å². The Hall–Kier alpha value is -2.29. The molecule has 0 unspecified atom stereocenters. The van der Waals surface area contributed by atoms with Gasteiger partial charge in [-0.2, -0.15) is 0 Å². The second kappa shape index (κ2) is 10.8. The molecule has 2 N–H and O–H groups in total. The van der Waals surface area contributed by atoms with Crippen LogP contribution in [0.25, 0.3) is 0 Å². The Labute approximate surface area is 168 Å². The van der Waals surface area contributed by atoms with Crippen molar-refractivity contribution in [2.24, 2.45) is 4.99 Å². The van der Waals surface area contributed by atoms with Crippen LogP contribution in [0.15, 0.2) is 27.9 Å². The highest BCUT2D eigenvalue weighted by Gasteiger charge is 2.10. The van der Waals surface area contributed by atoms with Gasteiger partial charge in [-0.05, 0) is 40.5 Å². The van der Waals surface area contributed by atoms with Gasteiger partial charge in [-0.25, -0.2) is 4.99 Å². The Kier molecular flexibility index (Phi) is 8.38. The molecule has 148 valence electrons. The van der Waals surface area contributed by atoms with Crippen molar-refractivity contribution >= 4 is 21.9 Å². The summed E-state index contributed by atoms with van der Waals surface area (Å²) in [5, 5.41) is 14.6. The molecule has 8 nitrogen and oxygen atoms in total. The molecule has 0 bridgehead atoms. The Morgan fingerprint density at radius 1 is 1.22 bits per heavy atom. The van der Waals surface area contributed by atoms with Crippen LogP contribution < -0.4 is 20.1 Å². The second-order valence-electron chi connectivity index (χ2n) is 5.73. The first-order valence-corrected chi connectivity index (χ1v) is 9.71. The smallest absolute Gasteiger partial charge is 0.191 e. The van der Waals surface area contributed by atoms with Crippen LogP contribution in [0.2, 0.25) is 0 Å². The third-order valence-electron chi connectivity index (χ3n) is 3.91. The average Bonchev–Trinajstić information content (AvgIpc) is 3.13. The highest BCUT2D eigenvalue weighted by atomic mass is 79.9. The number of guanidine groups is 1. The molecule has 0 radical (unpaired) electrons. The summed E-state index contributed by atoms with van der Waals surface area (Å²) >= 11 is 3.51. The van der Waals surface area contributed by atoms with Crippen molar-refractivity contribution in [3.8, 4) is 11.5 Å². The van der Waals surface area contributed by atoms with E-state index in [9.17, 15) is 0 Å². The van der Waals surface area contributed by atoms with E-state index in [-0.39, 0.29) is 0 Å². The summed E-state index contributed by atoms with van der Waals surface area (Å²) < 4.78 is 13.6. The molecule has 0 saturated carbocycles. The molecular formula is C18H27BrN6O2. The lowest BCUT2D eigenvalue weighted by atomic mass is 10.2. The summed E-state index contributed by atoms with van der Waals surface area (Å²) in [6.45, 7) is 6.92. The van der Waals surface area contributed by atoms with Gasteiger partial charge >= 0.3 is 0 Å². The zero-order chi connectivity index (χ0) is 19.6. The van der Waals surface area contributed by atoms with E-state index in [0.29, 0.717) is 18.0 Å². The maximum atomic E-state index is 5.39.